The lowest BCUT2D eigenvalue weighted by molar-refractivity contribution is -0.125. The van der Waals surface area contributed by atoms with Crippen molar-refractivity contribution in [2.24, 2.45) is 0 Å². The van der Waals surface area contributed by atoms with Crippen LogP contribution in [0.2, 0.25) is 0 Å². The molecule has 3 N–H and O–H groups in total. The van der Waals surface area contributed by atoms with Gasteiger partial charge < -0.3 is 10.4 Å². The number of hydroxylamine groups is 3. The second-order valence-corrected chi connectivity index (χ2v) is 2.37. The third-order valence-corrected chi connectivity index (χ3v) is 1.35. The van der Waals surface area contributed by atoms with E-state index in [4.69, 9.17) is 10.4 Å². The van der Waals surface area contributed by atoms with Gasteiger partial charge in [-0.25, -0.2) is 5.48 Å². The largest absolute Gasteiger partial charge is 0.317 e. The molecule has 0 amide bonds. The fourth-order valence-electron chi connectivity index (χ4n) is 0.687. The molecule has 0 saturated heterocycles. The van der Waals surface area contributed by atoms with E-state index in [2.05, 4.69) is 0 Å². The van der Waals surface area contributed by atoms with Crippen molar-refractivity contribution in [3.63, 3.8) is 0 Å². The highest BCUT2D eigenvalue weighted by atomic mass is 16.5. The molecule has 0 heterocycles. The fraction of sp³-hybridized carbons (Fsp3) is 1.00. The van der Waals surface area contributed by atoms with Gasteiger partial charge in [-0.3, -0.25) is 0 Å². The maximum Gasteiger partial charge on any atom is 0.0469 e. The molecule has 0 aliphatic carbocycles. The van der Waals surface area contributed by atoms with Gasteiger partial charge in [0.25, 0.3) is 0 Å². The van der Waals surface area contributed by atoms with E-state index in [1.807, 2.05) is 19.3 Å². The minimum absolute atomic E-state index is 0.0371. The first kappa shape index (κ1) is 9.84. The molecular weight excluding hydrogens is 132 g/mol. The molecule has 0 aromatic rings. The molecule has 0 bridgehead atoms. The van der Waals surface area contributed by atoms with Gasteiger partial charge in [-0.05, 0) is 13.3 Å². The lowest BCUT2D eigenvalue weighted by Gasteiger charge is -2.20. The van der Waals surface area contributed by atoms with Gasteiger partial charge >= 0.3 is 0 Å². The summed E-state index contributed by atoms with van der Waals surface area (Å²) in [5.74, 6) is 0. The second kappa shape index (κ2) is 5.61. The topological polar surface area (TPSA) is 55.7 Å². The normalized spacial score (nSPS) is 14.1. The van der Waals surface area contributed by atoms with Crippen LogP contribution in [-0.2, 0) is 0 Å². The molecule has 0 spiro atoms. The first-order chi connectivity index (χ1) is 4.72. The molecule has 4 nitrogen and oxygen atoms in total. The minimum atomic E-state index is -0.0371. The van der Waals surface area contributed by atoms with Gasteiger partial charge in [-0.1, -0.05) is 6.92 Å². The van der Waals surface area contributed by atoms with E-state index >= 15 is 0 Å². The summed E-state index contributed by atoms with van der Waals surface area (Å²) >= 11 is 0. The zero-order valence-electron chi connectivity index (χ0n) is 6.54. The monoisotopic (exact) mass is 148 g/mol. The highest BCUT2D eigenvalue weighted by Crippen LogP contribution is 1.93. The van der Waals surface area contributed by atoms with Crippen molar-refractivity contribution < 1.29 is 10.4 Å². The average Bonchev–Trinajstić information content (AvgIpc) is 1.89. The Morgan fingerprint density at radius 1 is 1.60 bits per heavy atom. The van der Waals surface area contributed by atoms with E-state index in [1.54, 1.807) is 0 Å². The third-order valence-electron chi connectivity index (χ3n) is 1.35. The van der Waals surface area contributed by atoms with Crippen LogP contribution in [0.3, 0.4) is 0 Å². The zero-order valence-corrected chi connectivity index (χ0v) is 6.54. The van der Waals surface area contributed by atoms with Gasteiger partial charge in [0.15, 0.2) is 0 Å². The van der Waals surface area contributed by atoms with Crippen LogP contribution in [0, 0.1) is 0 Å². The van der Waals surface area contributed by atoms with Crippen LogP contribution in [0.5, 0.6) is 0 Å². The minimum Gasteiger partial charge on any atom is -0.317 e. The summed E-state index contributed by atoms with van der Waals surface area (Å²) in [7, 11) is 0. The van der Waals surface area contributed by atoms with Gasteiger partial charge in [0.2, 0.25) is 0 Å². The maximum atomic E-state index is 9.13. The third kappa shape index (κ3) is 3.79. The summed E-state index contributed by atoms with van der Waals surface area (Å²) in [5.41, 5.74) is 2.01. The number of nitrogens with zero attached hydrogens (tertiary/aromatic N) is 1. The van der Waals surface area contributed by atoms with Gasteiger partial charge in [-0.2, -0.15) is 5.06 Å². The lowest BCUT2D eigenvalue weighted by atomic mass is 10.3. The molecule has 62 valence electrons. The summed E-state index contributed by atoms with van der Waals surface area (Å²) in [6, 6.07) is -0.0371. The maximum absolute atomic E-state index is 9.13. The number of hydrogen-bond donors (Lipinski definition) is 3. The van der Waals surface area contributed by atoms with Crippen LogP contribution in [-0.4, -0.2) is 34.6 Å². The summed E-state index contributed by atoms with van der Waals surface area (Å²) in [4.78, 5) is 0. The molecule has 1 unspecified atom stereocenters. The first-order valence-corrected chi connectivity index (χ1v) is 3.54. The molecule has 0 aromatic carbocycles. The van der Waals surface area contributed by atoms with E-state index in [1.165, 1.54) is 5.06 Å². The Hall–Kier alpha value is -0.160. The summed E-state index contributed by atoms with van der Waals surface area (Å²) < 4.78 is 0. The highest BCUT2D eigenvalue weighted by molar-refractivity contribution is 4.58. The van der Waals surface area contributed by atoms with Crippen molar-refractivity contribution in [3.8, 4) is 0 Å². The highest BCUT2D eigenvalue weighted by Gasteiger charge is 2.07. The van der Waals surface area contributed by atoms with Crippen LogP contribution >= 0.6 is 0 Å². The van der Waals surface area contributed by atoms with E-state index in [-0.39, 0.29) is 6.04 Å². The molecule has 0 aliphatic heterocycles. The number of hydrogen-bond acceptors (Lipinski definition) is 4. The van der Waals surface area contributed by atoms with E-state index in [0.29, 0.717) is 13.1 Å². The Morgan fingerprint density at radius 3 is 2.60 bits per heavy atom. The van der Waals surface area contributed by atoms with Crippen molar-refractivity contribution in [2.75, 3.05) is 13.1 Å². The molecule has 4 heteroatoms. The van der Waals surface area contributed by atoms with Crippen LogP contribution in [0.25, 0.3) is 0 Å². The first-order valence-electron chi connectivity index (χ1n) is 3.54. The van der Waals surface area contributed by atoms with E-state index in [0.717, 1.165) is 6.42 Å². The molecule has 0 aliphatic rings. The zero-order chi connectivity index (χ0) is 7.98. The Bertz CT molecular complexity index is 70.1. The van der Waals surface area contributed by atoms with Crippen molar-refractivity contribution in [1.82, 2.24) is 10.5 Å². The van der Waals surface area contributed by atoms with Gasteiger partial charge in [0.05, 0.1) is 0 Å². The summed E-state index contributed by atoms with van der Waals surface area (Å²) in [6.07, 6.45) is 0.909. The van der Waals surface area contributed by atoms with Crippen molar-refractivity contribution in [1.29, 1.82) is 0 Å². The Balaban J connectivity index is 3.38. The van der Waals surface area contributed by atoms with Gasteiger partial charge in [0, 0.05) is 19.1 Å². The fourth-order valence-corrected chi connectivity index (χ4v) is 0.687. The van der Waals surface area contributed by atoms with E-state index < -0.39 is 0 Å². The quantitative estimate of drug-likeness (QED) is 0.496. The molecule has 10 heavy (non-hydrogen) atoms. The lowest BCUT2D eigenvalue weighted by Crippen LogP contribution is -2.37. The summed E-state index contributed by atoms with van der Waals surface area (Å²) in [6.45, 7) is 4.85. The Morgan fingerprint density at radius 2 is 2.20 bits per heavy atom. The van der Waals surface area contributed by atoms with Crippen LogP contribution < -0.4 is 5.48 Å². The van der Waals surface area contributed by atoms with Gasteiger partial charge in [0.1, 0.15) is 0 Å². The molecule has 0 aromatic heterocycles. The Labute approximate surface area is 61.4 Å². The van der Waals surface area contributed by atoms with Crippen LogP contribution in [0.15, 0.2) is 0 Å². The SMILES string of the molecule is CCCN(O)C(C)CNO. The molecular formula is C6H16N2O2. The summed E-state index contributed by atoms with van der Waals surface area (Å²) in [5, 5.41) is 18.6. The predicted octanol–water partition coefficient (Wildman–Crippen LogP) is 0.455. The number of nitrogens with one attached hydrogen (secondary N) is 1. The van der Waals surface area contributed by atoms with Gasteiger partial charge in [-0.15, -0.1) is 0 Å². The van der Waals surface area contributed by atoms with Crippen LogP contribution in [0.1, 0.15) is 20.3 Å². The van der Waals surface area contributed by atoms with Crippen molar-refractivity contribution in [3.05, 3.63) is 0 Å². The predicted molar refractivity (Wildman–Crippen MR) is 38.0 cm³/mol. The standard InChI is InChI=1S/C6H16N2O2/c1-3-4-8(10)6(2)5-7-9/h6-7,9-10H,3-5H2,1-2H3. The molecule has 0 radical (unpaired) electrons. The van der Waals surface area contributed by atoms with Crippen LogP contribution in [0.4, 0.5) is 0 Å². The Kier molecular flexibility index (Phi) is 5.52. The molecule has 1 atom stereocenters. The molecule has 0 fully saturated rings. The molecule has 0 rings (SSSR count). The van der Waals surface area contributed by atoms with Crippen molar-refractivity contribution >= 4 is 0 Å². The van der Waals surface area contributed by atoms with Crippen molar-refractivity contribution in [2.45, 2.75) is 26.3 Å². The second-order valence-electron chi connectivity index (χ2n) is 2.37. The smallest absolute Gasteiger partial charge is 0.0469 e. The molecule has 0 saturated carbocycles. The average molecular weight is 148 g/mol. The number of rotatable bonds is 5. The van der Waals surface area contributed by atoms with E-state index in [9.17, 15) is 0 Å².